The molecule has 1 aliphatic heterocycles. The zero-order valence-electron chi connectivity index (χ0n) is 16.4. The molecule has 0 aromatic heterocycles. The number of carbonyl (C=O) groups is 1. The molecule has 0 radical (unpaired) electrons. The van der Waals surface area contributed by atoms with Gasteiger partial charge >= 0.3 is 0 Å². The molecule has 1 aromatic rings. The summed E-state index contributed by atoms with van der Waals surface area (Å²) in [6, 6.07) is 7.75. The molecule has 5 nitrogen and oxygen atoms in total. The number of carbonyl (C=O) groups excluding carboxylic acids is 1. The summed E-state index contributed by atoms with van der Waals surface area (Å²) in [5.74, 6) is 0.928. The third-order valence-electron chi connectivity index (χ3n) is 5.55. The van der Waals surface area contributed by atoms with Crippen LogP contribution in [0.5, 0.6) is 0 Å². The van der Waals surface area contributed by atoms with Gasteiger partial charge in [0.1, 0.15) is 0 Å². The second-order valence-electron chi connectivity index (χ2n) is 7.79. The molecule has 1 fully saturated rings. The van der Waals surface area contributed by atoms with E-state index in [9.17, 15) is 4.79 Å². The first-order valence-corrected chi connectivity index (χ1v) is 9.10. The predicted molar refractivity (Wildman–Crippen MR) is 104 cm³/mol. The minimum absolute atomic E-state index is 0.0525. The number of nitrogens with zero attached hydrogens (tertiary/aromatic N) is 2. The van der Waals surface area contributed by atoms with Crippen LogP contribution < -0.4 is 10.6 Å². The fourth-order valence-electron chi connectivity index (χ4n) is 3.10. The van der Waals surface area contributed by atoms with Gasteiger partial charge in [0.15, 0.2) is 5.96 Å². The van der Waals surface area contributed by atoms with E-state index in [1.807, 2.05) is 24.3 Å². The summed E-state index contributed by atoms with van der Waals surface area (Å²) in [7, 11) is 1.65. The van der Waals surface area contributed by atoms with Gasteiger partial charge in [0, 0.05) is 43.2 Å². The SMILES string of the molecule is CCNC(=NCCc1cccc(C(=O)NC)c1)N1CC(C)(C)C1(C)C. The fourth-order valence-corrected chi connectivity index (χ4v) is 3.10. The van der Waals surface area contributed by atoms with Gasteiger partial charge < -0.3 is 15.5 Å². The average Bonchev–Trinajstić information content (AvgIpc) is 2.58. The van der Waals surface area contributed by atoms with E-state index in [2.05, 4.69) is 50.2 Å². The highest BCUT2D eigenvalue weighted by Crippen LogP contribution is 2.46. The van der Waals surface area contributed by atoms with Gasteiger partial charge in [0.25, 0.3) is 5.91 Å². The maximum atomic E-state index is 11.7. The lowest BCUT2D eigenvalue weighted by Gasteiger charge is -2.62. The van der Waals surface area contributed by atoms with Crippen LogP contribution in [0, 0.1) is 5.41 Å². The van der Waals surface area contributed by atoms with E-state index < -0.39 is 0 Å². The van der Waals surface area contributed by atoms with Crippen LogP contribution in [0.1, 0.15) is 50.5 Å². The van der Waals surface area contributed by atoms with Gasteiger partial charge in [-0.3, -0.25) is 9.79 Å². The molecule has 2 N–H and O–H groups in total. The molecule has 1 heterocycles. The Kier molecular flexibility index (Phi) is 5.76. The van der Waals surface area contributed by atoms with E-state index in [1.54, 1.807) is 7.05 Å². The van der Waals surface area contributed by atoms with E-state index in [0.29, 0.717) is 12.1 Å². The monoisotopic (exact) mass is 344 g/mol. The molecule has 1 aliphatic rings. The number of aliphatic imine (C=N–C) groups is 1. The second kappa shape index (κ2) is 7.46. The minimum atomic E-state index is -0.0525. The zero-order valence-corrected chi connectivity index (χ0v) is 16.4. The van der Waals surface area contributed by atoms with Crippen LogP contribution in [-0.2, 0) is 6.42 Å². The highest BCUT2D eigenvalue weighted by Gasteiger charge is 2.53. The van der Waals surface area contributed by atoms with E-state index in [0.717, 1.165) is 31.0 Å². The number of hydrogen-bond donors (Lipinski definition) is 2. The van der Waals surface area contributed by atoms with Crippen LogP contribution in [-0.4, -0.2) is 49.0 Å². The van der Waals surface area contributed by atoms with Gasteiger partial charge in [-0.2, -0.15) is 0 Å². The molecule has 1 aromatic carbocycles. The summed E-state index contributed by atoms with van der Waals surface area (Å²) < 4.78 is 0. The van der Waals surface area contributed by atoms with Crippen LogP contribution in [0.15, 0.2) is 29.3 Å². The number of likely N-dealkylation sites (tertiary alicyclic amines) is 1. The van der Waals surface area contributed by atoms with E-state index >= 15 is 0 Å². The third kappa shape index (κ3) is 3.97. The Balaban J connectivity index is 2.05. The van der Waals surface area contributed by atoms with E-state index in [4.69, 9.17) is 4.99 Å². The molecule has 0 bridgehead atoms. The van der Waals surface area contributed by atoms with Crippen LogP contribution in [0.2, 0.25) is 0 Å². The Morgan fingerprint density at radius 3 is 2.56 bits per heavy atom. The van der Waals surface area contributed by atoms with Crippen molar-refractivity contribution in [2.75, 3.05) is 26.7 Å². The molecule has 0 unspecified atom stereocenters. The van der Waals surface area contributed by atoms with Gasteiger partial charge in [-0.1, -0.05) is 26.0 Å². The molecule has 138 valence electrons. The molecule has 1 saturated heterocycles. The Hall–Kier alpha value is -2.04. The molecule has 5 heteroatoms. The number of rotatable bonds is 5. The lowest BCUT2D eigenvalue weighted by Crippen LogP contribution is -2.72. The molecular formula is C20H32N4O. The van der Waals surface area contributed by atoms with Gasteiger partial charge in [0.05, 0.1) is 0 Å². The Morgan fingerprint density at radius 1 is 1.28 bits per heavy atom. The summed E-state index contributed by atoms with van der Waals surface area (Å²) in [5, 5.41) is 6.08. The Morgan fingerprint density at radius 2 is 2.00 bits per heavy atom. The first kappa shape index (κ1) is 19.3. The van der Waals surface area contributed by atoms with E-state index in [-0.39, 0.29) is 16.9 Å². The molecule has 25 heavy (non-hydrogen) atoms. The molecular weight excluding hydrogens is 312 g/mol. The van der Waals surface area contributed by atoms with Crippen LogP contribution in [0.3, 0.4) is 0 Å². The highest BCUT2D eigenvalue weighted by atomic mass is 16.1. The second-order valence-corrected chi connectivity index (χ2v) is 7.79. The fraction of sp³-hybridized carbons (Fsp3) is 0.600. The molecule has 0 aliphatic carbocycles. The van der Waals surface area contributed by atoms with Crippen molar-refractivity contribution < 1.29 is 4.79 Å². The summed E-state index contributed by atoms with van der Waals surface area (Å²) in [5.41, 5.74) is 2.20. The van der Waals surface area contributed by atoms with Gasteiger partial charge in [-0.05, 0) is 44.9 Å². The largest absolute Gasteiger partial charge is 0.356 e. The van der Waals surface area contributed by atoms with E-state index in [1.165, 1.54) is 0 Å². The van der Waals surface area contributed by atoms with Gasteiger partial charge in [-0.15, -0.1) is 0 Å². The third-order valence-corrected chi connectivity index (χ3v) is 5.55. The maximum Gasteiger partial charge on any atom is 0.251 e. The first-order chi connectivity index (χ1) is 11.7. The minimum Gasteiger partial charge on any atom is -0.356 e. The van der Waals surface area contributed by atoms with Crippen molar-refractivity contribution in [1.82, 2.24) is 15.5 Å². The van der Waals surface area contributed by atoms with Crippen LogP contribution in [0.25, 0.3) is 0 Å². The topological polar surface area (TPSA) is 56.7 Å². The number of benzene rings is 1. The Bertz CT molecular complexity index is 649. The smallest absolute Gasteiger partial charge is 0.251 e. The van der Waals surface area contributed by atoms with Crippen molar-refractivity contribution in [2.24, 2.45) is 10.4 Å². The van der Waals surface area contributed by atoms with Gasteiger partial charge in [-0.25, -0.2) is 0 Å². The standard InChI is InChI=1S/C20H32N4O/c1-7-22-18(24-14-19(2,3)20(24,4)5)23-12-11-15-9-8-10-16(13-15)17(25)21-6/h8-10,13H,7,11-12,14H2,1-6H3,(H,21,25)(H,22,23). The molecule has 0 saturated carbocycles. The number of nitrogens with one attached hydrogen (secondary N) is 2. The van der Waals surface area contributed by atoms with Crippen molar-refractivity contribution in [1.29, 1.82) is 0 Å². The van der Waals surface area contributed by atoms with Crippen molar-refractivity contribution in [2.45, 2.75) is 46.6 Å². The average molecular weight is 345 g/mol. The molecule has 2 rings (SSSR count). The predicted octanol–water partition coefficient (Wildman–Crippen LogP) is 2.67. The summed E-state index contributed by atoms with van der Waals surface area (Å²) in [6.45, 7) is 13.8. The lowest BCUT2D eigenvalue weighted by molar-refractivity contribution is -0.0667. The number of guanidine groups is 1. The van der Waals surface area contributed by atoms with Crippen molar-refractivity contribution in [3.63, 3.8) is 0 Å². The number of amides is 1. The van der Waals surface area contributed by atoms with Crippen molar-refractivity contribution in [3.05, 3.63) is 35.4 Å². The first-order valence-electron chi connectivity index (χ1n) is 9.10. The molecule has 1 amide bonds. The van der Waals surface area contributed by atoms with Crippen LogP contribution in [0.4, 0.5) is 0 Å². The highest BCUT2D eigenvalue weighted by molar-refractivity contribution is 5.94. The molecule has 0 atom stereocenters. The maximum absolute atomic E-state index is 11.7. The lowest BCUT2D eigenvalue weighted by atomic mass is 9.65. The summed E-state index contributed by atoms with van der Waals surface area (Å²) >= 11 is 0. The van der Waals surface area contributed by atoms with Crippen LogP contribution >= 0.6 is 0 Å². The number of hydrogen-bond acceptors (Lipinski definition) is 2. The Labute approximate surface area is 151 Å². The summed E-state index contributed by atoms with van der Waals surface area (Å²) in [6.07, 6.45) is 0.817. The quantitative estimate of drug-likeness (QED) is 0.638. The normalized spacial score (nSPS) is 18.5. The molecule has 0 spiro atoms. The van der Waals surface area contributed by atoms with Gasteiger partial charge in [0.2, 0.25) is 0 Å². The van der Waals surface area contributed by atoms with Crippen molar-refractivity contribution in [3.8, 4) is 0 Å². The summed E-state index contributed by atoms with van der Waals surface area (Å²) in [4.78, 5) is 18.9. The van der Waals surface area contributed by atoms with Crippen molar-refractivity contribution >= 4 is 11.9 Å². The zero-order chi connectivity index (χ0) is 18.7.